The highest BCUT2D eigenvalue weighted by molar-refractivity contribution is 4.93. The average Bonchev–Trinajstić information content (AvgIpc) is 1.95. The Balaban J connectivity index is 2.48. The third-order valence-corrected chi connectivity index (χ3v) is 3.11. The summed E-state index contributed by atoms with van der Waals surface area (Å²) < 4.78 is 0. The molecule has 1 saturated carbocycles. The van der Waals surface area contributed by atoms with E-state index in [1.54, 1.807) is 0 Å². The van der Waals surface area contributed by atoms with Crippen molar-refractivity contribution >= 4 is 0 Å². The maximum Gasteiger partial charge on any atom is 0.0178 e. The largest absolute Gasteiger partial charge is 0.328 e. The fraction of sp³-hybridized carbons (Fsp3) is 1.00. The first-order valence-electron chi connectivity index (χ1n) is 4.59. The van der Waals surface area contributed by atoms with Gasteiger partial charge in [0.2, 0.25) is 0 Å². The minimum absolute atomic E-state index is 0.0792. The molecule has 1 fully saturated rings. The fourth-order valence-electron chi connectivity index (χ4n) is 1.75. The van der Waals surface area contributed by atoms with Gasteiger partial charge in [-0.25, -0.2) is 0 Å². The number of nitrogens with two attached hydrogens (primary N) is 2. The maximum atomic E-state index is 6.21. The number of hydrogen-bond acceptors (Lipinski definition) is 2. The third kappa shape index (κ3) is 1.94. The molecule has 0 atom stereocenters. The van der Waals surface area contributed by atoms with Gasteiger partial charge in [0.05, 0.1) is 0 Å². The normalized spacial score (nSPS) is 39.5. The van der Waals surface area contributed by atoms with E-state index in [-0.39, 0.29) is 5.54 Å². The minimum atomic E-state index is 0.0792. The molecule has 0 heterocycles. The monoisotopic (exact) mass is 156 g/mol. The van der Waals surface area contributed by atoms with Crippen molar-refractivity contribution in [1.82, 2.24) is 0 Å². The molecule has 1 rings (SSSR count). The van der Waals surface area contributed by atoms with Crippen molar-refractivity contribution in [2.75, 3.05) is 0 Å². The first-order chi connectivity index (χ1) is 5.04. The maximum absolute atomic E-state index is 6.21. The summed E-state index contributed by atoms with van der Waals surface area (Å²) in [6.07, 6.45) is 4.42. The van der Waals surface area contributed by atoms with Crippen LogP contribution in [0.25, 0.3) is 0 Å². The van der Waals surface area contributed by atoms with Gasteiger partial charge in [0.1, 0.15) is 0 Å². The standard InChI is InChI=1S/C9H20N2/c1-7(2)9(11)5-3-8(10)4-6-9/h7-8H,3-6,10-11H2,1-2H3. The van der Waals surface area contributed by atoms with E-state index in [0.29, 0.717) is 12.0 Å². The van der Waals surface area contributed by atoms with Crippen molar-refractivity contribution in [3.05, 3.63) is 0 Å². The predicted octanol–water partition coefficient (Wildman–Crippen LogP) is 1.24. The average molecular weight is 156 g/mol. The van der Waals surface area contributed by atoms with Gasteiger partial charge in [-0.05, 0) is 31.6 Å². The van der Waals surface area contributed by atoms with Crippen LogP contribution in [0.4, 0.5) is 0 Å². The zero-order valence-corrected chi connectivity index (χ0v) is 7.64. The van der Waals surface area contributed by atoms with Crippen LogP contribution in [-0.4, -0.2) is 11.6 Å². The molecule has 0 aliphatic heterocycles. The summed E-state index contributed by atoms with van der Waals surface area (Å²) >= 11 is 0. The number of hydrogen-bond donors (Lipinski definition) is 2. The Morgan fingerprint density at radius 3 is 2.09 bits per heavy atom. The summed E-state index contributed by atoms with van der Waals surface area (Å²) in [7, 11) is 0. The SMILES string of the molecule is CC(C)C1(N)CCC(N)CC1. The Hall–Kier alpha value is -0.0800. The fourth-order valence-corrected chi connectivity index (χ4v) is 1.75. The first kappa shape index (κ1) is 9.01. The van der Waals surface area contributed by atoms with Gasteiger partial charge in [-0.15, -0.1) is 0 Å². The van der Waals surface area contributed by atoms with Crippen LogP contribution in [0.5, 0.6) is 0 Å². The lowest BCUT2D eigenvalue weighted by atomic mass is 9.74. The Morgan fingerprint density at radius 1 is 1.27 bits per heavy atom. The molecule has 0 unspecified atom stereocenters. The van der Waals surface area contributed by atoms with Crippen molar-refractivity contribution in [1.29, 1.82) is 0 Å². The van der Waals surface area contributed by atoms with E-state index in [2.05, 4.69) is 13.8 Å². The molecule has 0 bridgehead atoms. The van der Waals surface area contributed by atoms with Crippen molar-refractivity contribution < 1.29 is 0 Å². The minimum Gasteiger partial charge on any atom is -0.328 e. The molecule has 2 heteroatoms. The second-order valence-electron chi connectivity index (χ2n) is 4.23. The molecular weight excluding hydrogens is 136 g/mol. The molecular formula is C9H20N2. The Morgan fingerprint density at radius 2 is 1.73 bits per heavy atom. The van der Waals surface area contributed by atoms with Crippen LogP contribution in [0, 0.1) is 5.92 Å². The molecule has 0 aromatic heterocycles. The Kier molecular flexibility index (Phi) is 2.55. The van der Waals surface area contributed by atoms with E-state index in [1.165, 1.54) is 0 Å². The van der Waals surface area contributed by atoms with Crippen molar-refractivity contribution in [2.24, 2.45) is 17.4 Å². The molecule has 11 heavy (non-hydrogen) atoms. The highest BCUT2D eigenvalue weighted by atomic mass is 14.8. The van der Waals surface area contributed by atoms with Gasteiger partial charge in [-0.1, -0.05) is 13.8 Å². The molecule has 1 aliphatic carbocycles. The van der Waals surface area contributed by atoms with E-state index in [4.69, 9.17) is 11.5 Å². The van der Waals surface area contributed by atoms with Crippen LogP contribution in [0.1, 0.15) is 39.5 Å². The summed E-state index contributed by atoms with van der Waals surface area (Å²) in [5.41, 5.74) is 12.1. The molecule has 1 aliphatic rings. The lowest BCUT2D eigenvalue weighted by molar-refractivity contribution is 0.207. The molecule has 66 valence electrons. The summed E-state index contributed by atoms with van der Waals surface area (Å²) in [6.45, 7) is 4.41. The summed E-state index contributed by atoms with van der Waals surface area (Å²) in [6, 6.07) is 0.408. The second kappa shape index (κ2) is 3.11. The number of rotatable bonds is 1. The van der Waals surface area contributed by atoms with Gasteiger partial charge in [0.25, 0.3) is 0 Å². The molecule has 0 amide bonds. The van der Waals surface area contributed by atoms with E-state index < -0.39 is 0 Å². The van der Waals surface area contributed by atoms with Crippen LogP contribution in [0.15, 0.2) is 0 Å². The summed E-state index contributed by atoms with van der Waals surface area (Å²) in [5.74, 6) is 0.593. The van der Waals surface area contributed by atoms with Gasteiger partial charge in [-0.3, -0.25) is 0 Å². The van der Waals surface area contributed by atoms with Crippen LogP contribution >= 0.6 is 0 Å². The molecule has 0 aromatic rings. The van der Waals surface area contributed by atoms with Crippen molar-refractivity contribution in [3.8, 4) is 0 Å². The van der Waals surface area contributed by atoms with Crippen LogP contribution < -0.4 is 11.5 Å². The molecule has 2 nitrogen and oxygen atoms in total. The molecule has 4 N–H and O–H groups in total. The van der Waals surface area contributed by atoms with Gasteiger partial charge in [0, 0.05) is 11.6 Å². The highest BCUT2D eigenvalue weighted by Gasteiger charge is 2.32. The van der Waals surface area contributed by atoms with E-state index in [0.717, 1.165) is 25.7 Å². The Labute approximate surface area is 69.3 Å². The molecule has 0 saturated heterocycles. The van der Waals surface area contributed by atoms with E-state index >= 15 is 0 Å². The van der Waals surface area contributed by atoms with Crippen LogP contribution in [-0.2, 0) is 0 Å². The first-order valence-corrected chi connectivity index (χ1v) is 4.59. The molecule has 0 spiro atoms. The van der Waals surface area contributed by atoms with Gasteiger partial charge >= 0.3 is 0 Å². The van der Waals surface area contributed by atoms with Crippen LogP contribution in [0.2, 0.25) is 0 Å². The summed E-state index contributed by atoms with van der Waals surface area (Å²) in [4.78, 5) is 0. The lowest BCUT2D eigenvalue weighted by Crippen LogP contribution is -2.49. The van der Waals surface area contributed by atoms with Gasteiger partial charge in [0.15, 0.2) is 0 Å². The third-order valence-electron chi connectivity index (χ3n) is 3.11. The summed E-state index contributed by atoms with van der Waals surface area (Å²) in [5, 5.41) is 0. The Bertz CT molecular complexity index is 124. The predicted molar refractivity (Wildman–Crippen MR) is 48.2 cm³/mol. The lowest BCUT2D eigenvalue weighted by Gasteiger charge is -2.39. The molecule has 0 aromatic carbocycles. The van der Waals surface area contributed by atoms with E-state index in [1.807, 2.05) is 0 Å². The van der Waals surface area contributed by atoms with Gasteiger partial charge in [-0.2, -0.15) is 0 Å². The second-order valence-corrected chi connectivity index (χ2v) is 4.23. The quantitative estimate of drug-likeness (QED) is 0.600. The van der Waals surface area contributed by atoms with E-state index in [9.17, 15) is 0 Å². The zero-order valence-electron chi connectivity index (χ0n) is 7.64. The van der Waals surface area contributed by atoms with Crippen molar-refractivity contribution in [2.45, 2.75) is 51.1 Å². The van der Waals surface area contributed by atoms with Crippen molar-refractivity contribution in [3.63, 3.8) is 0 Å². The highest BCUT2D eigenvalue weighted by Crippen LogP contribution is 2.31. The van der Waals surface area contributed by atoms with Gasteiger partial charge < -0.3 is 11.5 Å². The zero-order chi connectivity index (χ0) is 8.48. The van der Waals surface area contributed by atoms with Crippen LogP contribution in [0.3, 0.4) is 0 Å². The smallest absolute Gasteiger partial charge is 0.0178 e. The molecule has 0 radical (unpaired) electrons. The topological polar surface area (TPSA) is 52.0 Å².